The molecule has 0 bridgehead atoms. The molecule has 0 aliphatic heterocycles. The van der Waals surface area contributed by atoms with Gasteiger partial charge in [-0.1, -0.05) is 12.1 Å². The van der Waals surface area contributed by atoms with Crippen molar-refractivity contribution >= 4 is 0 Å². The first-order valence-corrected chi connectivity index (χ1v) is 7.14. The standard InChI is InChI=1S/C17H20N2O/c1-12-3-4-13(2)17(9-12)20-16-7-8-18-15(10-16)11-19-14-5-6-14/h3-4,7-10,14,19H,5-6,11H2,1-2H3. The highest BCUT2D eigenvalue weighted by Gasteiger charge is 2.20. The summed E-state index contributed by atoms with van der Waals surface area (Å²) in [5, 5.41) is 3.47. The predicted octanol–water partition coefficient (Wildman–Crippen LogP) is 3.74. The van der Waals surface area contributed by atoms with E-state index in [2.05, 4.69) is 42.3 Å². The molecular formula is C17H20N2O. The Bertz CT molecular complexity index is 606. The molecule has 104 valence electrons. The van der Waals surface area contributed by atoms with Crippen LogP contribution in [0.1, 0.15) is 29.7 Å². The van der Waals surface area contributed by atoms with Crippen molar-refractivity contribution < 1.29 is 4.74 Å². The molecule has 0 radical (unpaired) electrons. The molecule has 1 fully saturated rings. The Hall–Kier alpha value is -1.87. The zero-order chi connectivity index (χ0) is 13.9. The largest absolute Gasteiger partial charge is 0.457 e. The average molecular weight is 268 g/mol. The van der Waals surface area contributed by atoms with E-state index in [4.69, 9.17) is 4.74 Å². The number of rotatable bonds is 5. The third kappa shape index (κ3) is 3.36. The van der Waals surface area contributed by atoms with Gasteiger partial charge in [-0.25, -0.2) is 0 Å². The second kappa shape index (κ2) is 5.63. The van der Waals surface area contributed by atoms with Crippen LogP contribution in [-0.4, -0.2) is 11.0 Å². The molecule has 0 amide bonds. The topological polar surface area (TPSA) is 34.1 Å². The van der Waals surface area contributed by atoms with Gasteiger partial charge in [0.1, 0.15) is 11.5 Å². The summed E-state index contributed by atoms with van der Waals surface area (Å²) < 4.78 is 5.99. The van der Waals surface area contributed by atoms with Crippen molar-refractivity contribution in [2.24, 2.45) is 0 Å². The molecule has 1 saturated carbocycles. The van der Waals surface area contributed by atoms with Crippen LogP contribution in [0.15, 0.2) is 36.5 Å². The van der Waals surface area contributed by atoms with Gasteiger partial charge in [-0.05, 0) is 49.9 Å². The zero-order valence-corrected chi connectivity index (χ0v) is 12.0. The van der Waals surface area contributed by atoms with Gasteiger partial charge in [-0.3, -0.25) is 4.98 Å². The van der Waals surface area contributed by atoms with Gasteiger partial charge in [0.05, 0.1) is 5.69 Å². The van der Waals surface area contributed by atoms with Gasteiger partial charge in [0, 0.05) is 24.8 Å². The minimum absolute atomic E-state index is 0.695. The van der Waals surface area contributed by atoms with Crippen molar-refractivity contribution in [2.45, 2.75) is 39.3 Å². The van der Waals surface area contributed by atoms with Crippen LogP contribution >= 0.6 is 0 Å². The van der Waals surface area contributed by atoms with Crippen LogP contribution in [0.5, 0.6) is 11.5 Å². The van der Waals surface area contributed by atoms with Gasteiger partial charge in [0.2, 0.25) is 0 Å². The first-order chi connectivity index (χ1) is 9.70. The lowest BCUT2D eigenvalue weighted by Crippen LogP contribution is -2.16. The molecule has 1 heterocycles. The Kier molecular flexibility index (Phi) is 3.70. The van der Waals surface area contributed by atoms with E-state index in [1.54, 1.807) is 0 Å². The first-order valence-electron chi connectivity index (χ1n) is 7.14. The molecule has 0 saturated heterocycles. The minimum Gasteiger partial charge on any atom is -0.457 e. The fourth-order valence-corrected chi connectivity index (χ4v) is 2.10. The Balaban J connectivity index is 1.72. The summed E-state index contributed by atoms with van der Waals surface area (Å²) in [4.78, 5) is 4.38. The number of pyridine rings is 1. The molecule has 1 aromatic carbocycles. The molecule has 1 N–H and O–H groups in total. The van der Waals surface area contributed by atoms with Gasteiger partial charge >= 0.3 is 0 Å². The molecular weight excluding hydrogens is 248 g/mol. The number of hydrogen-bond donors (Lipinski definition) is 1. The smallest absolute Gasteiger partial charge is 0.130 e. The van der Waals surface area contributed by atoms with Crippen LogP contribution in [0.3, 0.4) is 0 Å². The van der Waals surface area contributed by atoms with Crippen molar-refractivity contribution in [1.82, 2.24) is 10.3 Å². The molecule has 3 heteroatoms. The van der Waals surface area contributed by atoms with Crippen LogP contribution in [0.4, 0.5) is 0 Å². The normalized spacial score (nSPS) is 14.3. The fraction of sp³-hybridized carbons (Fsp3) is 0.353. The second-order valence-corrected chi connectivity index (χ2v) is 5.51. The molecule has 0 unspecified atom stereocenters. The Morgan fingerprint density at radius 2 is 2.05 bits per heavy atom. The van der Waals surface area contributed by atoms with E-state index >= 15 is 0 Å². The second-order valence-electron chi connectivity index (χ2n) is 5.51. The number of aromatic nitrogens is 1. The number of nitrogens with zero attached hydrogens (tertiary/aromatic N) is 1. The number of aryl methyl sites for hydroxylation is 2. The molecule has 0 atom stereocenters. The number of nitrogens with one attached hydrogen (secondary N) is 1. The number of benzene rings is 1. The van der Waals surface area contributed by atoms with Gasteiger partial charge in [-0.15, -0.1) is 0 Å². The van der Waals surface area contributed by atoms with Crippen molar-refractivity contribution in [1.29, 1.82) is 0 Å². The molecule has 1 aliphatic carbocycles. The molecule has 20 heavy (non-hydrogen) atoms. The van der Waals surface area contributed by atoms with E-state index in [-0.39, 0.29) is 0 Å². The van der Waals surface area contributed by atoms with E-state index in [1.807, 2.05) is 18.3 Å². The van der Waals surface area contributed by atoms with Crippen molar-refractivity contribution in [3.05, 3.63) is 53.3 Å². The monoisotopic (exact) mass is 268 g/mol. The third-order valence-corrected chi connectivity index (χ3v) is 3.51. The molecule has 3 rings (SSSR count). The Morgan fingerprint density at radius 3 is 2.85 bits per heavy atom. The van der Waals surface area contributed by atoms with Gasteiger partial charge in [0.25, 0.3) is 0 Å². The van der Waals surface area contributed by atoms with Gasteiger partial charge in [0.15, 0.2) is 0 Å². The summed E-state index contributed by atoms with van der Waals surface area (Å²) in [7, 11) is 0. The highest BCUT2D eigenvalue weighted by atomic mass is 16.5. The quantitative estimate of drug-likeness (QED) is 0.897. The SMILES string of the molecule is Cc1ccc(C)c(Oc2ccnc(CNC3CC3)c2)c1. The van der Waals surface area contributed by atoms with E-state index in [0.717, 1.165) is 29.3 Å². The highest BCUT2D eigenvalue weighted by molar-refractivity contribution is 5.39. The van der Waals surface area contributed by atoms with E-state index < -0.39 is 0 Å². The van der Waals surface area contributed by atoms with Crippen LogP contribution in [0.2, 0.25) is 0 Å². The van der Waals surface area contributed by atoms with Gasteiger partial charge in [-0.2, -0.15) is 0 Å². The maximum Gasteiger partial charge on any atom is 0.130 e. The average Bonchev–Trinajstić information content (AvgIpc) is 3.25. The summed E-state index contributed by atoms with van der Waals surface area (Å²) in [6, 6.07) is 10.9. The molecule has 3 nitrogen and oxygen atoms in total. The zero-order valence-electron chi connectivity index (χ0n) is 12.0. The summed E-state index contributed by atoms with van der Waals surface area (Å²) in [5.74, 6) is 1.76. The van der Waals surface area contributed by atoms with Gasteiger partial charge < -0.3 is 10.1 Å². The fourth-order valence-electron chi connectivity index (χ4n) is 2.10. The van der Waals surface area contributed by atoms with Crippen LogP contribution in [-0.2, 0) is 6.54 Å². The Labute approximate surface area is 120 Å². The summed E-state index contributed by atoms with van der Waals surface area (Å²) in [5.41, 5.74) is 3.38. The third-order valence-electron chi connectivity index (χ3n) is 3.51. The van der Waals surface area contributed by atoms with Crippen LogP contribution < -0.4 is 10.1 Å². The van der Waals surface area contributed by atoms with Crippen molar-refractivity contribution in [3.8, 4) is 11.5 Å². The van der Waals surface area contributed by atoms with Crippen molar-refractivity contribution in [2.75, 3.05) is 0 Å². The maximum atomic E-state index is 5.99. The Morgan fingerprint density at radius 1 is 1.20 bits per heavy atom. The van der Waals surface area contributed by atoms with Crippen molar-refractivity contribution in [3.63, 3.8) is 0 Å². The van der Waals surface area contributed by atoms with Crippen LogP contribution in [0, 0.1) is 13.8 Å². The van der Waals surface area contributed by atoms with E-state index in [0.29, 0.717) is 6.04 Å². The summed E-state index contributed by atoms with van der Waals surface area (Å²) in [6.45, 7) is 4.95. The maximum absolute atomic E-state index is 5.99. The number of hydrogen-bond acceptors (Lipinski definition) is 3. The van der Waals surface area contributed by atoms with Crippen LogP contribution in [0.25, 0.3) is 0 Å². The minimum atomic E-state index is 0.695. The number of ether oxygens (including phenoxy) is 1. The highest BCUT2D eigenvalue weighted by Crippen LogP contribution is 2.26. The molecule has 0 spiro atoms. The summed E-state index contributed by atoms with van der Waals surface area (Å²) >= 11 is 0. The molecule has 2 aromatic rings. The lowest BCUT2D eigenvalue weighted by Gasteiger charge is -2.10. The van der Waals surface area contributed by atoms with E-state index in [9.17, 15) is 0 Å². The summed E-state index contributed by atoms with van der Waals surface area (Å²) in [6.07, 6.45) is 4.39. The lowest BCUT2D eigenvalue weighted by atomic mass is 10.1. The predicted molar refractivity (Wildman–Crippen MR) is 80.1 cm³/mol. The van der Waals surface area contributed by atoms with E-state index in [1.165, 1.54) is 18.4 Å². The molecule has 1 aromatic heterocycles. The first kappa shape index (κ1) is 13.1. The lowest BCUT2D eigenvalue weighted by molar-refractivity contribution is 0.476. The molecule has 1 aliphatic rings.